The van der Waals surface area contributed by atoms with E-state index in [0.717, 1.165) is 0 Å². The van der Waals surface area contributed by atoms with Crippen molar-refractivity contribution in [3.63, 3.8) is 0 Å². The van der Waals surface area contributed by atoms with Crippen molar-refractivity contribution in [3.8, 4) is 0 Å². The standard InChI is InChI=1S/C8H12ClFO2/c1-2-12-8(11)7(10)5-3-4-6-9/h5H,2-4,6H2,1H3/b7-5+. The highest BCUT2D eigenvalue weighted by Crippen LogP contribution is 2.03. The highest BCUT2D eigenvalue weighted by Gasteiger charge is 2.07. The van der Waals surface area contributed by atoms with Crippen LogP contribution in [0.15, 0.2) is 11.9 Å². The van der Waals surface area contributed by atoms with E-state index in [0.29, 0.717) is 18.7 Å². The van der Waals surface area contributed by atoms with Crippen molar-refractivity contribution >= 4 is 17.6 Å². The molecule has 0 unspecified atom stereocenters. The zero-order valence-electron chi connectivity index (χ0n) is 6.98. The number of halogens is 2. The van der Waals surface area contributed by atoms with Gasteiger partial charge in [-0.1, -0.05) is 0 Å². The first-order valence-corrected chi connectivity index (χ1v) is 4.34. The van der Waals surface area contributed by atoms with Crippen LogP contribution in [0.4, 0.5) is 4.39 Å². The van der Waals surface area contributed by atoms with Crippen LogP contribution in [0.2, 0.25) is 0 Å². The van der Waals surface area contributed by atoms with Gasteiger partial charge >= 0.3 is 5.97 Å². The summed E-state index contributed by atoms with van der Waals surface area (Å²) in [6.07, 6.45) is 2.32. The molecule has 4 heteroatoms. The van der Waals surface area contributed by atoms with Gasteiger partial charge in [-0.15, -0.1) is 11.6 Å². The third kappa shape index (κ3) is 5.13. The molecule has 0 fully saturated rings. The quantitative estimate of drug-likeness (QED) is 0.291. The lowest BCUT2D eigenvalue weighted by Crippen LogP contribution is -2.04. The minimum Gasteiger partial charge on any atom is -0.461 e. The average Bonchev–Trinajstić information content (AvgIpc) is 2.05. The number of esters is 1. The number of alkyl halides is 1. The Kier molecular flexibility index (Phi) is 6.76. The fraction of sp³-hybridized carbons (Fsp3) is 0.625. The van der Waals surface area contributed by atoms with E-state index >= 15 is 0 Å². The van der Waals surface area contributed by atoms with Crippen molar-refractivity contribution in [3.05, 3.63) is 11.9 Å². The second kappa shape index (κ2) is 7.10. The molecule has 0 rings (SSSR count). The van der Waals surface area contributed by atoms with Crippen LogP contribution in [0.1, 0.15) is 19.8 Å². The van der Waals surface area contributed by atoms with Crippen molar-refractivity contribution in [2.45, 2.75) is 19.8 Å². The molecule has 0 saturated carbocycles. The summed E-state index contributed by atoms with van der Waals surface area (Å²) in [5, 5.41) is 0. The summed E-state index contributed by atoms with van der Waals surface area (Å²) >= 11 is 5.36. The Hall–Kier alpha value is -0.570. The predicted molar refractivity (Wildman–Crippen MR) is 45.8 cm³/mol. The van der Waals surface area contributed by atoms with Crippen molar-refractivity contribution in [1.29, 1.82) is 0 Å². The maximum Gasteiger partial charge on any atom is 0.366 e. The lowest BCUT2D eigenvalue weighted by molar-refractivity contribution is -0.140. The fourth-order valence-corrected chi connectivity index (χ4v) is 0.744. The molecule has 0 N–H and O–H groups in total. The van der Waals surface area contributed by atoms with E-state index in [1.807, 2.05) is 0 Å². The first-order valence-electron chi connectivity index (χ1n) is 3.81. The summed E-state index contributed by atoms with van der Waals surface area (Å²) in [6, 6.07) is 0. The number of unbranched alkanes of at least 4 members (excludes halogenated alkanes) is 1. The maximum absolute atomic E-state index is 12.7. The molecule has 0 aromatic carbocycles. The molecule has 0 aliphatic heterocycles. The second-order valence-corrected chi connectivity index (χ2v) is 2.48. The average molecular weight is 195 g/mol. The van der Waals surface area contributed by atoms with E-state index in [2.05, 4.69) is 4.74 Å². The molecule has 12 heavy (non-hydrogen) atoms. The van der Waals surface area contributed by atoms with Gasteiger partial charge in [-0.2, -0.15) is 4.39 Å². The third-order valence-electron chi connectivity index (χ3n) is 1.13. The molecule has 0 bridgehead atoms. The molecule has 0 amide bonds. The zero-order chi connectivity index (χ0) is 9.40. The normalized spacial score (nSPS) is 11.4. The smallest absolute Gasteiger partial charge is 0.366 e. The number of carbonyl (C=O) groups excluding carboxylic acids is 1. The molecule has 0 aliphatic carbocycles. The first-order chi connectivity index (χ1) is 5.72. The zero-order valence-corrected chi connectivity index (χ0v) is 7.73. The second-order valence-electron chi connectivity index (χ2n) is 2.10. The summed E-state index contributed by atoms with van der Waals surface area (Å²) in [6.45, 7) is 1.82. The van der Waals surface area contributed by atoms with Crippen molar-refractivity contribution in [1.82, 2.24) is 0 Å². The Morgan fingerprint density at radius 1 is 1.67 bits per heavy atom. The van der Waals surface area contributed by atoms with Gasteiger partial charge in [-0.25, -0.2) is 4.79 Å². The van der Waals surface area contributed by atoms with Crippen LogP contribution in [-0.2, 0) is 9.53 Å². The van der Waals surface area contributed by atoms with Gasteiger partial charge in [0.2, 0.25) is 5.83 Å². The van der Waals surface area contributed by atoms with Gasteiger partial charge in [-0.05, 0) is 25.8 Å². The van der Waals surface area contributed by atoms with Gasteiger partial charge in [-0.3, -0.25) is 0 Å². The summed E-state index contributed by atoms with van der Waals surface area (Å²) in [5.74, 6) is -1.26. The lowest BCUT2D eigenvalue weighted by atomic mass is 10.3. The van der Waals surface area contributed by atoms with Crippen LogP contribution >= 0.6 is 11.6 Å². The molecular weight excluding hydrogens is 183 g/mol. The molecule has 0 spiro atoms. The Morgan fingerprint density at radius 2 is 2.33 bits per heavy atom. The molecule has 0 aliphatic rings. The number of allylic oxidation sites excluding steroid dienone is 1. The molecular formula is C8H12ClFO2. The summed E-state index contributed by atoms with van der Waals surface area (Å²) < 4.78 is 17.1. The van der Waals surface area contributed by atoms with Crippen LogP contribution in [0.3, 0.4) is 0 Å². The monoisotopic (exact) mass is 194 g/mol. The molecule has 0 atom stereocenters. The molecule has 0 aromatic rings. The maximum atomic E-state index is 12.7. The van der Waals surface area contributed by atoms with E-state index in [1.165, 1.54) is 6.08 Å². The fourth-order valence-electron chi connectivity index (χ4n) is 0.589. The van der Waals surface area contributed by atoms with E-state index in [4.69, 9.17) is 11.6 Å². The SMILES string of the molecule is CCOC(=O)/C(F)=C\CCCCl. The van der Waals surface area contributed by atoms with Gasteiger partial charge < -0.3 is 4.74 Å². The molecule has 70 valence electrons. The Labute approximate surface area is 76.3 Å². The number of carbonyl (C=O) groups is 1. The number of hydrogen-bond donors (Lipinski definition) is 0. The van der Waals surface area contributed by atoms with Crippen LogP contribution < -0.4 is 0 Å². The minimum atomic E-state index is -0.896. The van der Waals surface area contributed by atoms with Crippen molar-refractivity contribution in [2.24, 2.45) is 0 Å². The van der Waals surface area contributed by atoms with E-state index in [1.54, 1.807) is 6.92 Å². The first kappa shape index (κ1) is 11.4. The number of hydrogen-bond acceptors (Lipinski definition) is 2. The van der Waals surface area contributed by atoms with Gasteiger partial charge in [0, 0.05) is 5.88 Å². The molecule has 2 nitrogen and oxygen atoms in total. The topological polar surface area (TPSA) is 26.3 Å². The molecule has 0 heterocycles. The predicted octanol–water partition coefficient (Wildman–Crippen LogP) is 2.42. The van der Waals surface area contributed by atoms with Crippen LogP contribution in [0.5, 0.6) is 0 Å². The van der Waals surface area contributed by atoms with Crippen LogP contribution in [0.25, 0.3) is 0 Å². The number of rotatable bonds is 5. The van der Waals surface area contributed by atoms with E-state index < -0.39 is 11.8 Å². The number of ether oxygens (including phenoxy) is 1. The Balaban J connectivity index is 3.74. The molecule has 0 saturated heterocycles. The van der Waals surface area contributed by atoms with Crippen LogP contribution in [0, 0.1) is 0 Å². The van der Waals surface area contributed by atoms with E-state index in [9.17, 15) is 9.18 Å². The van der Waals surface area contributed by atoms with Crippen molar-refractivity contribution < 1.29 is 13.9 Å². The van der Waals surface area contributed by atoms with Crippen molar-refractivity contribution in [2.75, 3.05) is 12.5 Å². The minimum absolute atomic E-state index is 0.190. The third-order valence-corrected chi connectivity index (χ3v) is 1.40. The summed E-state index contributed by atoms with van der Waals surface area (Å²) in [4.78, 5) is 10.6. The Morgan fingerprint density at radius 3 is 2.83 bits per heavy atom. The van der Waals surface area contributed by atoms with Gasteiger partial charge in [0.1, 0.15) is 0 Å². The highest BCUT2D eigenvalue weighted by molar-refractivity contribution is 6.17. The summed E-state index contributed by atoms with van der Waals surface area (Å²) in [7, 11) is 0. The van der Waals surface area contributed by atoms with Gasteiger partial charge in [0.15, 0.2) is 0 Å². The summed E-state index contributed by atoms with van der Waals surface area (Å²) in [5.41, 5.74) is 0. The molecule has 0 aromatic heterocycles. The Bertz CT molecular complexity index is 168. The van der Waals surface area contributed by atoms with Gasteiger partial charge in [0.05, 0.1) is 6.61 Å². The lowest BCUT2D eigenvalue weighted by Gasteiger charge is -1.97. The largest absolute Gasteiger partial charge is 0.461 e. The van der Waals surface area contributed by atoms with E-state index in [-0.39, 0.29) is 6.61 Å². The highest BCUT2D eigenvalue weighted by atomic mass is 35.5. The molecule has 0 radical (unpaired) electrons. The van der Waals surface area contributed by atoms with Crippen LogP contribution in [-0.4, -0.2) is 18.5 Å². The van der Waals surface area contributed by atoms with Gasteiger partial charge in [0.25, 0.3) is 0 Å².